The van der Waals surface area contributed by atoms with Crippen LogP contribution in [-0.4, -0.2) is 15.0 Å². The van der Waals surface area contributed by atoms with E-state index in [2.05, 4.69) is 88.4 Å². The molecule has 0 fully saturated rings. The van der Waals surface area contributed by atoms with Crippen molar-refractivity contribution in [2.45, 2.75) is 26.8 Å². The number of hydrogen-bond acceptors (Lipinski definition) is 5. The summed E-state index contributed by atoms with van der Waals surface area (Å²) in [4.78, 5) is 12.7. The number of aromatic amines is 1. The van der Waals surface area contributed by atoms with E-state index in [0.29, 0.717) is 0 Å². The van der Waals surface area contributed by atoms with E-state index >= 15 is 0 Å². The average Bonchev–Trinajstić information content (AvgIpc) is 3.27. The second kappa shape index (κ2) is 6.90. The van der Waals surface area contributed by atoms with E-state index in [1.807, 2.05) is 6.07 Å². The predicted molar refractivity (Wildman–Crippen MR) is 108 cm³/mol. The molecule has 6 heteroatoms. The van der Waals surface area contributed by atoms with Crippen LogP contribution in [0.5, 0.6) is 0 Å². The van der Waals surface area contributed by atoms with E-state index in [-0.39, 0.29) is 6.04 Å². The summed E-state index contributed by atoms with van der Waals surface area (Å²) in [6.45, 7) is 6.23. The van der Waals surface area contributed by atoms with Crippen molar-refractivity contribution in [1.29, 1.82) is 0 Å². The Morgan fingerprint density at radius 2 is 1.77 bits per heavy atom. The SMILES string of the molecule is Cc1ccc(-c2csc(NNC(C)c3nc4ccc(C)cc4[nH]3)n2)cc1. The summed E-state index contributed by atoms with van der Waals surface area (Å²) in [6.07, 6.45) is 0. The van der Waals surface area contributed by atoms with Gasteiger partial charge in [0.15, 0.2) is 5.13 Å². The van der Waals surface area contributed by atoms with Crippen molar-refractivity contribution in [3.05, 3.63) is 64.8 Å². The molecular formula is C20H21N5S. The molecule has 0 amide bonds. The number of thiazole rings is 1. The lowest BCUT2D eigenvalue weighted by atomic mass is 10.1. The number of rotatable bonds is 5. The highest BCUT2D eigenvalue weighted by Crippen LogP contribution is 2.25. The van der Waals surface area contributed by atoms with Crippen molar-refractivity contribution in [3.8, 4) is 11.3 Å². The molecule has 1 atom stereocenters. The molecule has 0 aliphatic carbocycles. The van der Waals surface area contributed by atoms with Crippen molar-refractivity contribution in [2.75, 3.05) is 5.43 Å². The highest BCUT2D eigenvalue weighted by molar-refractivity contribution is 7.14. The fraction of sp³-hybridized carbons (Fsp3) is 0.200. The number of hydrazine groups is 1. The smallest absolute Gasteiger partial charge is 0.197 e. The molecule has 0 saturated carbocycles. The van der Waals surface area contributed by atoms with E-state index < -0.39 is 0 Å². The van der Waals surface area contributed by atoms with E-state index in [4.69, 9.17) is 0 Å². The number of H-pyrrole nitrogens is 1. The standard InChI is InChI=1S/C20H21N5S/c1-12-4-7-15(8-5-12)18-11-26-20(23-18)25-24-14(3)19-21-16-9-6-13(2)10-17(16)22-19/h4-11,14,24H,1-3H3,(H,21,22)(H,23,25). The molecular weight excluding hydrogens is 342 g/mol. The zero-order valence-corrected chi connectivity index (χ0v) is 15.8. The molecule has 1 unspecified atom stereocenters. The first kappa shape index (κ1) is 16.8. The summed E-state index contributed by atoms with van der Waals surface area (Å²) >= 11 is 1.58. The lowest BCUT2D eigenvalue weighted by molar-refractivity contribution is 0.612. The fourth-order valence-corrected chi connectivity index (χ4v) is 3.46. The Morgan fingerprint density at radius 1 is 1.00 bits per heavy atom. The van der Waals surface area contributed by atoms with Crippen LogP contribution in [0.15, 0.2) is 47.8 Å². The molecule has 0 spiro atoms. The van der Waals surface area contributed by atoms with Gasteiger partial charge in [-0.25, -0.2) is 15.4 Å². The maximum absolute atomic E-state index is 4.65. The molecule has 3 N–H and O–H groups in total. The molecule has 132 valence electrons. The summed E-state index contributed by atoms with van der Waals surface area (Å²) in [5, 5.41) is 2.89. The number of nitrogens with zero attached hydrogens (tertiary/aromatic N) is 2. The molecule has 2 aromatic heterocycles. The van der Waals surface area contributed by atoms with Crippen LogP contribution in [0.25, 0.3) is 22.3 Å². The Balaban J connectivity index is 1.44. The minimum Gasteiger partial charge on any atom is -0.341 e. The zero-order valence-electron chi connectivity index (χ0n) is 15.0. The second-order valence-electron chi connectivity index (χ2n) is 6.54. The van der Waals surface area contributed by atoms with E-state index in [9.17, 15) is 0 Å². The average molecular weight is 363 g/mol. The highest BCUT2D eigenvalue weighted by Gasteiger charge is 2.11. The molecule has 4 aromatic rings. The van der Waals surface area contributed by atoms with E-state index in [1.165, 1.54) is 11.1 Å². The number of anilines is 1. The van der Waals surface area contributed by atoms with Gasteiger partial charge in [0.2, 0.25) is 0 Å². The van der Waals surface area contributed by atoms with Crippen molar-refractivity contribution >= 4 is 27.5 Å². The van der Waals surface area contributed by atoms with Crippen LogP contribution >= 0.6 is 11.3 Å². The molecule has 0 aliphatic rings. The predicted octanol–water partition coefficient (Wildman–Crippen LogP) is 4.98. The van der Waals surface area contributed by atoms with Gasteiger partial charge in [-0.15, -0.1) is 11.3 Å². The Bertz CT molecular complexity index is 1030. The molecule has 2 aromatic carbocycles. The van der Waals surface area contributed by atoms with Gasteiger partial charge in [-0.05, 0) is 38.5 Å². The summed E-state index contributed by atoms with van der Waals surface area (Å²) in [6, 6.07) is 14.7. The monoisotopic (exact) mass is 363 g/mol. The normalized spacial score (nSPS) is 12.4. The third-order valence-corrected chi connectivity index (χ3v) is 5.07. The molecule has 5 nitrogen and oxygen atoms in total. The number of aryl methyl sites for hydroxylation is 2. The van der Waals surface area contributed by atoms with Crippen LogP contribution in [-0.2, 0) is 0 Å². The largest absolute Gasteiger partial charge is 0.341 e. The number of nitrogens with one attached hydrogen (secondary N) is 3. The van der Waals surface area contributed by atoms with Gasteiger partial charge in [-0.1, -0.05) is 35.9 Å². The molecule has 0 bridgehead atoms. The highest BCUT2D eigenvalue weighted by atomic mass is 32.1. The summed E-state index contributed by atoms with van der Waals surface area (Å²) < 4.78 is 0. The summed E-state index contributed by atoms with van der Waals surface area (Å²) in [5.41, 5.74) is 13.1. The summed E-state index contributed by atoms with van der Waals surface area (Å²) in [7, 11) is 0. The molecule has 26 heavy (non-hydrogen) atoms. The van der Waals surface area contributed by atoms with Crippen LogP contribution < -0.4 is 10.9 Å². The van der Waals surface area contributed by atoms with Gasteiger partial charge >= 0.3 is 0 Å². The van der Waals surface area contributed by atoms with Crippen LogP contribution in [0.1, 0.15) is 29.9 Å². The number of aromatic nitrogens is 3. The quantitative estimate of drug-likeness (QED) is 0.438. The van der Waals surface area contributed by atoms with E-state index in [1.54, 1.807) is 11.3 Å². The summed E-state index contributed by atoms with van der Waals surface area (Å²) in [5.74, 6) is 0.897. The van der Waals surface area contributed by atoms with Crippen LogP contribution in [0.3, 0.4) is 0 Å². The van der Waals surface area contributed by atoms with Gasteiger partial charge in [0.05, 0.1) is 22.8 Å². The second-order valence-corrected chi connectivity index (χ2v) is 7.40. The maximum atomic E-state index is 4.65. The molecule has 0 saturated heterocycles. The Kier molecular flexibility index (Phi) is 4.44. The zero-order chi connectivity index (χ0) is 18.1. The minimum absolute atomic E-state index is 0.0226. The van der Waals surface area contributed by atoms with Crippen molar-refractivity contribution in [3.63, 3.8) is 0 Å². The van der Waals surface area contributed by atoms with Crippen LogP contribution in [0.2, 0.25) is 0 Å². The van der Waals surface area contributed by atoms with Crippen LogP contribution in [0.4, 0.5) is 5.13 Å². The lowest BCUT2D eigenvalue weighted by Gasteiger charge is -2.11. The van der Waals surface area contributed by atoms with Gasteiger partial charge in [-0.2, -0.15) is 0 Å². The maximum Gasteiger partial charge on any atom is 0.197 e. The number of fused-ring (bicyclic) bond motifs is 1. The van der Waals surface area contributed by atoms with Gasteiger partial charge in [0.1, 0.15) is 5.82 Å². The van der Waals surface area contributed by atoms with Gasteiger partial charge in [0, 0.05) is 10.9 Å². The molecule has 4 rings (SSSR count). The number of imidazole rings is 1. The first-order valence-electron chi connectivity index (χ1n) is 8.59. The number of hydrogen-bond donors (Lipinski definition) is 3. The lowest BCUT2D eigenvalue weighted by Crippen LogP contribution is -2.25. The Hall–Kier alpha value is -2.70. The Morgan fingerprint density at radius 3 is 2.58 bits per heavy atom. The third-order valence-electron chi connectivity index (χ3n) is 4.31. The van der Waals surface area contributed by atoms with Crippen LogP contribution in [0, 0.1) is 13.8 Å². The first-order valence-corrected chi connectivity index (χ1v) is 9.47. The Labute approximate surface area is 156 Å². The third kappa shape index (κ3) is 3.47. The van der Waals surface area contributed by atoms with E-state index in [0.717, 1.165) is 33.2 Å². The topological polar surface area (TPSA) is 65.6 Å². The van der Waals surface area contributed by atoms with Gasteiger partial charge in [0.25, 0.3) is 0 Å². The molecule has 0 aliphatic heterocycles. The minimum atomic E-state index is 0.0226. The van der Waals surface area contributed by atoms with Gasteiger partial charge in [-0.3, -0.25) is 5.43 Å². The molecule has 2 heterocycles. The molecule has 0 radical (unpaired) electrons. The van der Waals surface area contributed by atoms with Crippen molar-refractivity contribution < 1.29 is 0 Å². The first-order chi connectivity index (χ1) is 12.6. The van der Waals surface area contributed by atoms with Gasteiger partial charge < -0.3 is 4.98 Å². The fourth-order valence-electron chi connectivity index (χ4n) is 2.77. The number of benzene rings is 2. The van der Waals surface area contributed by atoms with Crippen molar-refractivity contribution in [1.82, 2.24) is 20.4 Å². The van der Waals surface area contributed by atoms with Crippen molar-refractivity contribution in [2.24, 2.45) is 0 Å².